The van der Waals surface area contributed by atoms with Crippen LogP contribution in [0.2, 0.25) is 0 Å². The van der Waals surface area contributed by atoms with Crippen LogP contribution in [0.4, 0.5) is 24.9 Å². The molecule has 41 heteroatoms. The number of likely N-dealkylation sites (tertiary alicyclic amines) is 4. The van der Waals surface area contributed by atoms with E-state index in [1.54, 1.807) is 28.4 Å². The number of halogens is 3. The van der Waals surface area contributed by atoms with Gasteiger partial charge in [-0.25, -0.2) is 53.5 Å². The van der Waals surface area contributed by atoms with Crippen LogP contribution in [0.15, 0.2) is 98.2 Å². The van der Waals surface area contributed by atoms with Crippen LogP contribution in [0, 0.1) is 34.7 Å². The first kappa shape index (κ1) is 94.3. The van der Waals surface area contributed by atoms with Crippen molar-refractivity contribution in [2.45, 2.75) is 203 Å². The Morgan fingerprint density at radius 3 is 1.27 bits per heavy atom. The van der Waals surface area contributed by atoms with Gasteiger partial charge in [0.05, 0.1) is 61.1 Å². The smallest absolute Gasteiger partial charge is 0.471 e. The minimum Gasteiger partial charge on any atom is -0.471 e. The Morgan fingerprint density at radius 2 is 0.911 bits per heavy atom. The van der Waals surface area contributed by atoms with Crippen LogP contribution in [0.3, 0.4) is 0 Å². The zero-order valence-electron chi connectivity index (χ0n) is 73.1. The summed E-state index contributed by atoms with van der Waals surface area (Å²) in [6.07, 6.45) is 11.6. The number of fused-ring (bicyclic) bond motifs is 3. The number of benzene rings is 1. The molecule has 6 fully saturated rings. The summed E-state index contributed by atoms with van der Waals surface area (Å²) in [4.78, 5) is 117. The SMILES string of the molecule is CCn1c(-c2ccc(C)nc2)nc2c(O[C@H]3CCN(C(=O)N4CC(OC)C4)C3)ncnc21.CCn1c(-c2ccc(C)nc2)nc2c(O[C@H]3CCN(C(=O)OC(C)(C)C)C3)ncnc21.CCn1c(I)nc2c(O[C@H]3CCN(C(=O)OC(C)(C)C)C3)ncnc21.COC1CN(Cl)C1.Cc1ccc(B2OC(C)(C)C(C)(C)O2)cn1.O=C(Cl)Oc1ccc([N+](=O)[O-])cc1. The average molecular weight is 1860 g/mol. The van der Waals surface area contributed by atoms with Crippen molar-refractivity contribution in [1.29, 1.82) is 0 Å². The summed E-state index contributed by atoms with van der Waals surface area (Å²) < 4.78 is 64.4. The molecule has 0 unspecified atom stereocenters. The van der Waals surface area contributed by atoms with Gasteiger partial charge < -0.3 is 80.5 Å². The molecule has 0 spiro atoms. The summed E-state index contributed by atoms with van der Waals surface area (Å²) in [6.45, 7) is 39.9. The van der Waals surface area contributed by atoms with Gasteiger partial charge in [0.15, 0.2) is 37.3 Å². The highest BCUT2D eigenvalue weighted by atomic mass is 127. The number of ether oxygens (including phenoxy) is 8. The van der Waals surface area contributed by atoms with Crippen molar-refractivity contribution in [1.82, 2.24) is 97.5 Å². The summed E-state index contributed by atoms with van der Waals surface area (Å²) in [5, 5.41) is 10.2. The van der Waals surface area contributed by atoms with E-state index in [-0.39, 0.29) is 72.4 Å². The first-order valence-electron chi connectivity index (χ1n) is 40.9. The quantitative estimate of drug-likeness (QED) is 0.0165. The fourth-order valence-corrected chi connectivity index (χ4v) is 14.6. The number of non-ortho nitro benzene ring substituents is 1. The number of methoxy groups -OCH3 is 2. The second kappa shape index (κ2) is 41.1. The Morgan fingerprint density at radius 1 is 0.524 bits per heavy atom. The monoisotopic (exact) mass is 1860 g/mol. The van der Waals surface area contributed by atoms with Crippen molar-refractivity contribution < 1.29 is 71.3 Å². The number of nitro groups is 1. The third-order valence-corrected chi connectivity index (χ3v) is 22.1. The Balaban J connectivity index is 0.000000152. The molecule has 0 bridgehead atoms. The van der Waals surface area contributed by atoms with Crippen molar-refractivity contribution >= 4 is 121 Å². The predicted molar refractivity (Wildman–Crippen MR) is 472 cm³/mol. The zero-order chi connectivity index (χ0) is 89.7. The van der Waals surface area contributed by atoms with Crippen LogP contribution in [0.5, 0.6) is 23.4 Å². The topological polar surface area (TPSA) is 389 Å². The lowest BCUT2D eigenvalue weighted by molar-refractivity contribution is -0.384. The van der Waals surface area contributed by atoms with E-state index in [9.17, 15) is 29.3 Å². The lowest BCUT2D eigenvalue weighted by atomic mass is 9.80. The fourth-order valence-electron chi connectivity index (χ4n) is 13.4. The Bertz CT molecular complexity index is 5310. The number of aryl methyl sites for hydroxylation is 6. The molecule has 0 N–H and O–H groups in total. The van der Waals surface area contributed by atoms with Gasteiger partial charge >= 0.3 is 30.8 Å². The molecule has 16 rings (SSSR count). The highest BCUT2D eigenvalue weighted by Gasteiger charge is 2.52. The first-order chi connectivity index (χ1) is 58.8. The summed E-state index contributed by atoms with van der Waals surface area (Å²) in [5.41, 5.74) is 7.14. The van der Waals surface area contributed by atoms with E-state index in [4.69, 9.17) is 75.8 Å². The number of carbonyl (C=O) groups excluding carboxylic acids is 4. The molecule has 0 aliphatic carbocycles. The number of pyridine rings is 3. The zero-order valence-corrected chi connectivity index (χ0v) is 76.7. The van der Waals surface area contributed by atoms with Crippen LogP contribution < -0.4 is 24.4 Å². The number of aromatic nitrogens is 15. The number of urea groups is 1. The van der Waals surface area contributed by atoms with Gasteiger partial charge in [0.1, 0.15) is 65.9 Å². The van der Waals surface area contributed by atoms with Crippen LogP contribution in [0.1, 0.15) is 126 Å². The molecule has 10 aromatic rings. The summed E-state index contributed by atoms with van der Waals surface area (Å²) in [6, 6.07) is 17.0. The minimum atomic E-state index is -0.978. The second-order valence-corrected chi connectivity index (χ2v) is 34.7. The highest BCUT2D eigenvalue weighted by Crippen LogP contribution is 2.38. The molecule has 0 radical (unpaired) electrons. The van der Waals surface area contributed by atoms with Gasteiger partial charge in [-0.15, -0.1) is 0 Å². The maximum absolute atomic E-state index is 12.7. The summed E-state index contributed by atoms with van der Waals surface area (Å²) in [5.74, 6) is 3.07. The molecule has 9 aromatic heterocycles. The maximum Gasteiger partial charge on any atom is 0.496 e. The summed E-state index contributed by atoms with van der Waals surface area (Å²) in [7, 11) is 3.07. The summed E-state index contributed by atoms with van der Waals surface area (Å²) >= 11 is 12.6. The molecule has 6 aliphatic heterocycles. The van der Waals surface area contributed by atoms with Crippen molar-refractivity contribution in [3.8, 4) is 46.2 Å². The number of carbonyl (C=O) groups is 4. The molecular weight excluding hydrogens is 1760 g/mol. The number of hydrogen-bond acceptors (Lipinski definition) is 29. The third kappa shape index (κ3) is 24.2. The molecule has 3 atom stereocenters. The Hall–Kier alpha value is -10.4. The van der Waals surface area contributed by atoms with Gasteiger partial charge in [0, 0.05) is 184 Å². The van der Waals surface area contributed by atoms with E-state index in [2.05, 4.69) is 112 Å². The van der Waals surface area contributed by atoms with E-state index in [1.165, 1.54) is 43.2 Å². The first-order valence-corrected chi connectivity index (χ1v) is 42.6. The molecule has 1 aromatic carbocycles. The number of rotatable bonds is 16. The molecular formula is C83H107BCl2IN21O16. The maximum atomic E-state index is 12.7. The van der Waals surface area contributed by atoms with Gasteiger partial charge in [0.25, 0.3) is 5.69 Å². The van der Waals surface area contributed by atoms with E-state index in [1.807, 2.05) is 155 Å². The van der Waals surface area contributed by atoms with Gasteiger partial charge in [-0.1, -0.05) is 6.07 Å². The van der Waals surface area contributed by atoms with Gasteiger partial charge in [-0.05, 0) is 165 Å². The minimum absolute atomic E-state index is 0.0432. The molecule has 4 amide bonds. The van der Waals surface area contributed by atoms with E-state index in [0.717, 1.165) is 92.9 Å². The van der Waals surface area contributed by atoms with Crippen molar-refractivity contribution in [3.05, 3.63) is 129 Å². The van der Waals surface area contributed by atoms with Crippen LogP contribution in [-0.2, 0) is 47.9 Å². The normalized spacial score (nSPS) is 17.9. The standard InChI is InChI=1S/C22H27N7O3.C22H28N6O3.C16H22IN5O3.C12H18BNO2.C7H4ClNO4.C4H8ClNO/c1-4-29-19(15-6-5-14(2)23-9-15)26-18-20(29)24-13-25-21(18)32-16-7-8-27(10-16)22(30)28-11-17(12-28)31-3;1-6-28-18(15-8-7-14(2)23-11-15)26-17-19(28)24-13-25-20(17)30-16-9-10-27(12-16)21(29)31-22(3,4)5;1-5-22-12-11(20-14(22)17)13(19-9-18-12)24-10-6-7-21(8-10)15(23)25-16(2,3)4;1-9-6-7-10(8-14-9)13-15-11(2,3)12(4,5)16-13;8-7(10)13-6-3-1-5(2-4-6)9(11)12;1-7-4-2-6(5)3-4/h5-6,9,13,16-17H,4,7-8,10-12H2,1-3H3;7-8,11,13,16H,6,9-10,12H2,1-5H3;9-10H,5-8H2,1-4H3;6-8H,1-5H3;1-4H;4H,2-3H2,1H3/t2*16-;10-;;;/m000.../s1. The molecule has 6 aliphatic rings. The van der Waals surface area contributed by atoms with Crippen molar-refractivity contribution in [2.24, 2.45) is 0 Å². The van der Waals surface area contributed by atoms with E-state index in [0.29, 0.717) is 118 Å². The Kier molecular flexibility index (Phi) is 31.3. The Labute approximate surface area is 743 Å². The van der Waals surface area contributed by atoms with Crippen molar-refractivity contribution in [3.63, 3.8) is 0 Å². The van der Waals surface area contributed by atoms with Gasteiger partial charge in [-0.2, -0.15) is 15.0 Å². The van der Waals surface area contributed by atoms with Crippen LogP contribution in [-0.4, -0.2) is 266 Å². The molecule has 37 nitrogen and oxygen atoms in total. The lowest BCUT2D eigenvalue weighted by Crippen LogP contribution is -2.58. The molecule has 0 saturated carbocycles. The molecule has 6 saturated heterocycles. The fraction of sp³-hybridized carbons (Fsp3) is 0.518. The third-order valence-electron chi connectivity index (χ3n) is 20.9. The number of amides is 4. The van der Waals surface area contributed by atoms with Gasteiger partial charge in [0.2, 0.25) is 17.6 Å². The largest absolute Gasteiger partial charge is 0.496 e. The number of nitro benzene ring substituents is 1. The lowest BCUT2D eigenvalue weighted by Gasteiger charge is -2.40. The second-order valence-electron chi connectivity index (χ2n) is 32.9. The van der Waals surface area contributed by atoms with E-state index >= 15 is 0 Å². The van der Waals surface area contributed by atoms with Gasteiger partial charge in [-0.3, -0.25) is 25.1 Å². The number of hydrogen-bond donors (Lipinski definition) is 0. The number of imidazole rings is 3. The van der Waals surface area contributed by atoms with Crippen LogP contribution in [0.25, 0.3) is 56.3 Å². The molecule has 664 valence electrons. The van der Waals surface area contributed by atoms with Crippen molar-refractivity contribution in [2.75, 3.05) is 79.7 Å². The number of nitrogens with zero attached hydrogens (tertiary/aromatic N) is 21. The average Bonchev–Trinajstić information content (AvgIpc) is 1.63. The van der Waals surface area contributed by atoms with Crippen LogP contribution >= 0.6 is 46.0 Å². The predicted octanol–water partition coefficient (Wildman–Crippen LogP) is 13.1. The highest BCUT2D eigenvalue weighted by molar-refractivity contribution is 14.1. The molecule has 15 heterocycles. The van der Waals surface area contributed by atoms with E-state index < -0.39 is 21.6 Å². The molecule has 124 heavy (non-hydrogen) atoms.